The first-order valence-electron chi connectivity index (χ1n) is 6.23. The largest absolute Gasteiger partial charge is 0.394 e. The van der Waals surface area contributed by atoms with Crippen molar-refractivity contribution in [1.29, 1.82) is 0 Å². The van der Waals surface area contributed by atoms with Crippen molar-refractivity contribution < 1.29 is 30.6 Å². The topological polar surface area (TPSA) is 145 Å². The van der Waals surface area contributed by atoms with Gasteiger partial charge in [-0.05, 0) is 19.5 Å². The van der Waals surface area contributed by atoms with Gasteiger partial charge in [0, 0.05) is 0 Å². The minimum Gasteiger partial charge on any atom is -0.394 e. The number of rotatable bonds is 12. The zero-order valence-corrected chi connectivity index (χ0v) is 12.3. The molecule has 8 nitrogen and oxygen atoms in total. The van der Waals surface area contributed by atoms with E-state index in [1.807, 2.05) is 0 Å². The monoisotopic (exact) mass is 318 g/mol. The molecule has 0 atom stereocenters. The maximum absolute atomic E-state index is 9.08. The fraction of sp³-hybridized carbons (Fsp3) is 1.00. The van der Waals surface area contributed by atoms with Crippen molar-refractivity contribution >= 4 is 12.4 Å². The van der Waals surface area contributed by atoms with Crippen molar-refractivity contribution in [2.45, 2.75) is 17.5 Å². The zero-order chi connectivity index (χ0) is 14.8. The number of nitrogens with one attached hydrogen (secondary N) is 2. The third-order valence-corrected chi connectivity index (χ3v) is 3.17. The van der Waals surface area contributed by atoms with Crippen LogP contribution in [0.15, 0.2) is 0 Å². The molecule has 0 heterocycles. The van der Waals surface area contributed by atoms with E-state index in [0.717, 1.165) is 0 Å². The van der Waals surface area contributed by atoms with Crippen LogP contribution >= 0.6 is 12.4 Å². The maximum atomic E-state index is 9.08. The van der Waals surface area contributed by atoms with Crippen LogP contribution in [-0.2, 0) is 0 Å². The van der Waals surface area contributed by atoms with E-state index in [-0.39, 0.29) is 52.0 Å². The van der Waals surface area contributed by atoms with E-state index in [0.29, 0.717) is 19.5 Å². The van der Waals surface area contributed by atoms with Gasteiger partial charge in [-0.1, -0.05) is 0 Å². The van der Waals surface area contributed by atoms with E-state index < -0.39 is 11.1 Å². The molecule has 0 aromatic heterocycles. The predicted octanol–water partition coefficient (Wildman–Crippen LogP) is -3.59. The molecule has 20 heavy (non-hydrogen) atoms. The van der Waals surface area contributed by atoms with Crippen molar-refractivity contribution in [3.8, 4) is 0 Å². The Kier molecular flexibility index (Phi) is 12.9. The fourth-order valence-electron chi connectivity index (χ4n) is 1.43. The molecule has 124 valence electrons. The Morgan fingerprint density at radius 2 is 0.800 bits per heavy atom. The van der Waals surface area contributed by atoms with Crippen molar-refractivity contribution in [3.05, 3.63) is 0 Å². The highest BCUT2D eigenvalue weighted by atomic mass is 35.5. The molecule has 0 fully saturated rings. The first kappa shape index (κ1) is 22.3. The Morgan fingerprint density at radius 3 is 1.00 bits per heavy atom. The lowest BCUT2D eigenvalue weighted by Gasteiger charge is -2.30. The van der Waals surface area contributed by atoms with Crippen molar-refractivity contribution in [2.75, 3.05) is 52.7 Å². The minimum absolute atomic E-state index is 0. The van der Waals surface area contributed by atoms with Gasteiger partial charge in [0.05, 0.1) is 50.7 Å². The summed E-state index contributed by atoms with van der Waals surface area (Å²) in [7, 11) is 0. The number of halogens is 1. The van der Waals surface area contributed by atoms with E-state index in [1.165, 1.54) is 0 Å². The molecule has 0 unspecified atom stereocenters. The number of aliphatic hydroxyl groups excluding tert-OH is 6. The summed E-state index contributed by atoms with van der Waals surface area (Å²) >= 11 is 0. The van der Waals surface area contributed by atoms with E-state index >= 15 is 0 Å². The van der Waals surface area contributed by atoms with Crippen LogP contribution in [0.3, 0.4) is 0 Å². The second kappa shape index (κ2) is 11.6. The van der Waals surface area contributed by atoms with Crippen LogP contribution in [0, 0.1) is 0 Å². The molecule has 9 heteroatoms. The minimum atomic E-state index is -1.11. The molecule has 0 radical (unpaired) electrons. The summed E-state index contributed by atoms with van der Waals surface area (Å²) in [4.78, 5) is 0. The lowest BCUT2D eigenvalue weighted by molar-refractivity contribution is 0.0378. The third-order valence-electron chi connectivity index (χ3n) is 3.17. The molecule has 0 aromatic rings. The summed E-state index contributed by atoms with van der Waals surface area (Å²) in [6.07, 6.45) is 0.559. The lowest BCUT2D eigenvalue weighted by Crippen LogP contribution is -2.57. The number of hydrogen-bond donors (Lipinski definition) is 8. The molecule has 0 aliphatic rings. The predicted molar refractivity (Wildman–Crippen MR) is 75.8 cm³/mol. The fourth-order valence-corrected chi connectivity index (χ4v) is 1.43. The standard InChI is InChI=1S/C11H26N2O6.ClH/c14-4-10(5-15,6-16)12-2-1-3-13-11(7-17,8-18)9-19;/h12-19H,1-9H2;1H. The molecule has 0 spiro atoms. The summed E-state index contributed by atoms with van der Waals surface area (Å²) in [5.74, 6) is 0. The van der Waals surface area contributed by atoms with Crippen LogP contribution in [0.2, 0.25) is 0 Å². The van der Waals surface area contributed by atoms with E-state index in [2.05, 4.69) is 10.6 Å². The van der Waals surface area contributed by atoms with Gasteiger partial charge >= 0.3 is 0 Å². The summed E-state index contributed by atoms with van der Waals surface area (Å²) in [6, 6.07) is 0. The quantitative estimate of drug-likeness (QED) is 0.172. The molecule has 0 rings (SSSR count). The molecular formula is C11H27ClN2O6. The maximum Gasteiger partial charge on any atom is 0.0881 e. The van der Waals surface area contributed by atoms with E-state index in [9.17, 15) is 0 Å². The molecule has 0 bridgehead atoms. The molecule has 0 saturated heterocycles. The Balaban J connectivity index is 0. The first-order chi connectivity index (χ1) is 9.07. The summed E-state index contributed by atoms with van der Waals surface area (Å²) in [5.41, 5.74) is -2.22. The average Bonchev–Trinajstić information content (AvgIpc) is 2.48. The van der Waals surface area contributed by atoms with Gasteiger partial charge in [-0.15, -0.1) is 12.4 Å². The van der Waals surface area contributed by atoms with Crippen LogP contribution in [-0.4, -0.2) is 94.4 Å². The van der Waals surface area contributed by atoms with Gasteiger partial charge in [0.25, 0.3) is 0 Å². The molecule has 0 amide bonds. The number of aliphatic hydroxyl groups is 6. The van der Waals surface area contributed by atoms with Gasteiger partial charge in [-0.25, -0.2) is 0 Å². The second-order valence-corrected chi connectivity index (χ2v) is 4.72. The highest BCUT2D eigenvalue weighted by molar-refractivity contribution is 5.85. The molecule has 8 N–H and O–H groups in total. The molecule has 0 saturated carbocycles. The van der Waals surface area contributed by atoms with Gasteiger partial charge < -0.3 is 41.3 Å². The molecule has 0 aliphatic carbocycles. The van der Waals surface area contributed by atoms with Crippen molar-refractivity contribution in [3.63, 3.8) is 0 Å². The van der Waals surface area contributed by atoms with Gasteiger partial charge in [-0.2, -0.15) is 0 Å². The molecular weight excluding hydrogens is 292 g/mol. The van der Waals surface area contributed by atoms with Gasteiger partial charge in [0.2, 0.25) is 0 Å². The van der Waals surface area contributed by atoms with Crippen LogP contribution in [0.5, 0.6) is 0 Å². The Labute approximate surface area is 124 Å². The normalized spacial score (nSPS) is 12.3. The van der Waals surface area contributed by atoms with Gasteiger partial charge in [-0.3, -0.25) is 0 Å². The summed E-state index contributed by atoms with van der Waals surface area (Å²) in [5, 5.41) is 60.2. The highest BCUT2D eigenvalue weighted by Crippen LogP contribution is 2.03. The van der Waals surface area contributed by atoms with Crippen LogP contribution < -0.4 is 10.6 Å². The second-order valence-electron chi connectivity index (χ2n) is 4.72. The van der Waals surface area contributed by atoms with Gasteiger partial charge in [0.1, 0.15) is 0 Å². The smallest absolute Gasteiger partial charge is 0.0881 e. The summed E-state index contributed by atoms with van der Waals surface area (Å²) < 4.78 is 0. The van der Waals surface area contributed by atoms with E-state index in [1.54, 1.807) is 0 Å². The summed E-state index contributed by atoms with van der Waals surface area (Å²) in [6.45, 7) is -1.51. The van der Waals surface area contributed by atoms with Crippen molar-refractivity contribution in [2.24, 2.45) is 0 Å². The Morgan fingerprint density at radius 1 is 0.550 bits per heavy atom. The SMILES string of the molecule is Cl.OCC(CO)(CO)NCCCNC(CO)(CO)CO. The Bertz CT molecular complexity index is 188. The van der Waals surface area contributed by atoms with Crippen LogP contribution in [0.25, 0.3) is 0 Å². The van der Waals surface area contributed by atoms with Crippen molar-refractivity contribution in [1.82, 2.24) is 10.6 Å². The number of hydrogen-bond acceptors (Lipinski definition) is 8. The van der Waals surface area contributed by atoms with Gasteiger partial charge in [0.15, 0.2) is 0 Å². The highest BCUT2D eigenvalue weighted by Gasteiger charge is 2.28. The average molecular weight is 319 g/mol. The van der Waals surface area contributed by atoms with E-state index in [4.69, 9.17) is 30.6 Å². The zero-order valence-electron chi connectivity index (χ0n) is 11.5. The van der Waals surface area contributed by atoms with Crippen LogP contribution in [0.4, 0.5) is 0 Å². The van der Waals surface area contributed by atoms with Crippen LogP contribution in [0.1, 0.15) is 6.42 Å². The first-order valence-corrected chi connectivity index (χ1v) is 6.23. The Hall–Kier alpha value is -0.0300. The lowest BCUT2D eigenvalue weighted by atomic mass is 10.0. The third kappa shape index (κ3) is 6.61. The molecule has 0 aromatic carbocycles. The molecule has 0 aliphatic heterocycles.